The zero-order chi connectivity index (χ0) is 18.5. The van der Waals surface area contributed by atoms with Gasteiger partial charge in [-0.25, -0.2) is 0 Å². The summed E-state index contributed by atoms with van der Waals surface area (Å²) in [6.45, 7) is 7.75. The van der Waals surface area contributed by atoms with Gasteiger partial charge in [-0.1, -0.05) is 12.1 Å². The molecule has 2 rings (SSSR count). The predicted octanol–water partition coefficient (Wildman–Crippen LogP) is 2.94. The lowest BCUT2D eigenvalue weighted by Crippen LogP contribution is -2.38. The largest absolute Gasteiger partial charge is 0.508 e. The number of guanidine groups is 1. The molecule has 1 aliphatic heterocycles. The Labute approximate surface area is 180 Å². The molecule has 0 atom stereocenters. The molecule has 3 N–H and O–H groups in total. The summed E-state index contributed by atoms with van der Waals surface area (Å²) in [5.74, 6) is 1.80. The summed E-state index contributed by atoms with van der Waals surface area (Å²) < 4.78 is 11.1. The third-order valence-electron chi connectivity index (χ3n) is 4.37. The van der Waals surface area contributed by atoms with Crippen LogP contribution in [0.4, 0.5) is 0 Å². The van der Waals surface area contributed by atoms with E-state index in [1.807, 2.05) is 12.1 Å². The Hall–Kier alpha value is -1.06. The van der Waals surface area contributed by atoms with Crippen molar-refractivity contribution >= 4 is 29.9 Å². The van der Waals surface area contributed by atoms with Gasteiger partial charge in [0.05, 0.1) is 0 Å². The third kappa shape index (κ3) is 10.8. The lowest BCUT2D eigenvalue weighted by Gasteiger charge is -2.21. The van der Waals surface area contributed by atoms with Gasteiger partial charge in [0.15, 0.2) is 5.96 Å². The van der Waals surface area contributed by atoms with Crippen molar-refractivity contribution in [2.45, 2.75) is 32.6 Å². The van der Waals surface area contributed by atoms with Gasteiger partial charge >= 0.3 is 0 Å². The van der Waals surface area contributed by atoms with Gasteiger partial charge in [-0.2, -0.15) is 0 Å². The Morgan fingerprint density at radius 2 is 2.11 bits per heavy atom. The van der Waals surface area contributed by atoms with E-state index in [-0.39, 0.29) is 24.0 Å². The van der Waals surface area contributed by atoms with Crippen LogP contribution in [-0.2, 0) is 15.9 Å². The normalized spacial score (nSPS) is 15.2. The first-order valence-electron chi connectivity index (χ1n) is 9.73. The fraction of sp³-hybridized carbons (Fsp3) is 0.650. The van der Waals surface area contributed by atoms with E-state index in [0.717, 1.165) is 83.3 Å². The molecule has 27 heavy (non-hydrogen) atoms. The third-order valence-corrected chi connectivity index (χ3v) is 4.37. The van der Waals surface area contributed by atoms with E-state index in [1.165, 1.54) is 0 Å². The van der Waals surface area contributed by atoms with E-state index in [4.69, 9.17) is 9.47 Å². The van der Waals surface area contributed by atoms with Crippen molar-refractivity contribution in [3.05, 3.63) is 29.8 Å². The molecule has 0 radical (unpaired) electrons. The summed E-state index contributed by atoms with van der Waals surface area (Å²) >= 11 is 0. The van der Waals surface area contributed by atoms with Crippen LogP contribution in [0, 0.1) is 5.92 Å². The van der Waals surface area contributed by atoms with E-state index >= 15 is 0 Å². The fourth-order valence-corrected chi connectivity index (χ4v) is 2.90. The highest BCUT2D eigenvalue weighted by molar-refractivity contribution is 14.0. The number of hydrogen-bond acceptors (Lipinski definition) is 4. The average Bonchev–Trinajstić information content (AvgIpc) is 2.65. The highest BCUT2D eigenvalue weighted by Crippen LogP contribution is 2.14. The second-order valence-corrected chi connectivity index (χ2v) is 6.59. The molecule has 1 fully saturated rings. The summed E-state index contributed by atoms with van der Waals surface area (Å²) in [4.78, 5) is 4.59. The second kappa shape index (κ2) is 14.9. The fourth-order valence-electron chi connectivity index (χ4n) is 2.90. The van der Waals surface area contributed by atoms with Crippen molar-refractivity contribution < 1.29 is 14.6 Å². The Morgan fingerprint density at radius 1 is 1.30 bits per heavy atom. The number of halogens is 1. The van der Waals surface area contributed by atoms with Crippen LogP contribution in [0.1, 0.15) is 31.7 Å². The lowest BCUT2D eigenvalue weighted by molar-refractivity contribution is 0.0205. The number of phenolic OH excluding ortho intramolecular Hbond substituents is 1. The van der Waals surface area contributed by atoms with Gasteiger partial charge in [0.2, 0.25) is 0 Å². The van der Waals surface area contributed by atoms with Crippen LogP contribution < -0.4 is 10.6 Å². The number of aliphatic imine (C=N–C) groups is 1. The minimum Gasteiger partial charge on any atom is -0.508 e. The number of aromatic hydroxyl groups is 1. The van der Waals surface area contributed by atoms with Crippen molar-refractivity contribution in [2.75, 3.05) is 46.1 Å². The summed E-state index contributed by atoms with van der Waals surface area (Å²) in [7, 11) is 0. The molecule has 0 bridgehead atoms. The highest BCUT2D eigenvalue weighted by atomic mass is 127. The van der Waals surface area contributed by atoms with Gasteiger partial charge in [-0.15, -0.1) is 24.0 Å². The minimum atomic E-state index is 0. The second-order valence-electron chi connectivity index (χ2n) is 6.59. The number of phenols is 1. The molecule has 6 nitrogen and oxygen atoms in total. The van der Waals surface area contributed by atoms with Crippen LogP contribution in [0.2, 0.25) is 0 Å². The van der Waals surface area contributed by atoms with E-state index in [0.29, 0.717) is 11.7 Å². The maximum atomic E-state index is 9.50. The number of nitrogens with one attached hydrogen (secondary N) is 2. The first-order chi connectivity index (χ1) is 12.8. The van der Waals surface area contributed by atoms with Gasteiger partial charge in [-0.3, -0.25) is 4.99 Å². The molecule has 0 amide bonds. The monoisotopic (exact) mass is 491 g/mol. The molecule has 1 aliphatic rings. The van der Waals surface area contributed by atoms with Crippen LogP contribution >= 0.6 is 24.0 Å². The summed E-state index contributed by atoms with van der Waals surface area (Å²) in [6, 6.07) is 7.36. The SMILES string of the molecule is CCNC(=NCCCOCC1CCOCC1)NCCc1cccc(O)c1.I. The molecular weight excluding hydrogens is 457 g/mol. The Kier molecular flexibility index (Phi) is 13.3. The smallest absolute Gasteiger partial charge is 0.191 e. The number of hydrogen-bond donors (Lipinski definition) is 3. The standard InChI is InChI=1S/C20H33N3O3.HI/c1-2-21-20(23-11-7-17-5-3-6-19(24)15-17)22-10-4-12-26-16-18-8-13-25-14-9-18;/h3,5-6,15,18,24H,2,4,7-14,16H2,1H3,(H2,21,22,23);1H. The van der Waals surface area contributed by atoms with Gasteiger partial charge in [0.25, 0.3) is 0 Å². The van der Waals surface area contributed by atoms with Crippen molar-refractivity contribution in [1.29, 1.82) is 0 Å². The molecule has 1 aromatic carbocycles. The molecule has 154 valence electrons. The summed E-state index contributed by atoms with van der Waals surface area (Å²) in [5.41, 5.74) is 1.11. The van der Waals surface area contributed by atoms with E-state index in [1.54, 1.807) is 12.1 Å². The molecule has 1 saturated heterocycles. The van der Waals surface area contributed by atoms with E-state index in [9.17, 15) is 5.11 Å². The van der Waals surface area contributed by atoms with Gasteiger partial charge in [-0.05, 0) is 56.2 Å². The zero-order valence-electron chi connectivity index (χ0n) is 16.3. The van der Waals surface area contributed by atoms with Crippen LogP contribution in [0.5, 0.6) is 5.75 Å². The molecule has 0 saturated carbocycles. The van der Waals surface area contributed by atoms with Crippen molar-refractivity contribution in [3.8, 4) is 5.75 Å². The van der Waals surface area contributed by atoms with E-state index < -0.39 is 0 Å². The maximum Gasteiger partial charge on any atom is 0.191 e. The minimum absolute atomic E-state index is 0. The maximum absolute atomic E-state index is 9.50. The van der Waals surface area contributed by atoms with Gasteiger partial charge < -0.3 is 25.2 Å². The predicted molar refractivity (Wildman–Crippen MR) is 120 cm³/mol. The quantitative estimate of drug-likeness (QED) is 0.203. The van der Waals surface area contributed by atoms with Gasteiger partial charge in [0, 0.05) is 46.1 Å². The van der Waals surface area contributed by atoms with Gasteiger partial charge in [0.1, 0.15) is 5.75 Å². The molecule has 0 spiro atoms. The number of rotatable bonds is 10. The number of ether oxygens (including phenoxy) is 2. The average molecular weight is 491 g/mol. The Morgan fingerprint density at radius 3 is 2.85 bits per heavy atom. The van der Waals surface area contributed by atoms with E-state index in [2.05, 4.69) is 22.5 Å². The zero-order valence-corrected chi connectivity index (χ0v) is 18.6. The van der Waals surface area contributed by atoms with Crippen LogP contribution in [0.25, 0.3) is 0 Å². The summed E-state index contributed by atoms with van der Waals surface area (Å²) in [5, 5.41) is 16.1. The molecule has 1 aromatic rings. The highest BCUT2D eigenvalue weighted by Gasteiger charge is 2.13. The Balaban J connectivity index is 0.00000364. The molecule has 1 heterocycles. The summed E-state index contributed by atoms with van der Waals surface area (Å²) in [6.07, 6.45) is 4.00. The molecule has 7 heteroatoms. The molecular formula is C20H34IN3O3. The van der Waals surface area contributed by atoms with Crippen molar-refractivity contribution in [2.24, 2.45) is 10.9 Å². The molecule has 0 unspecified atom stereocenters. The van der Waals surface area contributed by atoms with Crippen molar-refractivity contribution in [1.82, 2.24) is 10.6 Å². The van der Waals surface area contributed by atoms with Crippen LogP contribution in [-0.4, -0.2) is 57.1 Å². The first kappa shape index (κ1) is 24.0. The lowest BCUT2D eigenvalue weighted by atomic mass is 10.0. The number of benzene rings is 1. The first-order valence-corrected chi connectivity index (χ1v) is 9.73. The topological polar surface area (TPSA) is 75.1 Å². The molecule has 0 aromatic heterocycles. The molecule has 0 aliphatic carbocycles. The van der Waals surface area contributed by atoms with Crippen LogP contribution in [0.15, 0.2) is 29.3 Å². The van der Waals surface area contributed by atoms with Crippen molar-refractivity contribution in [3.63, 3.8) is 0 Å². The number of nitrogens with zero attached hydrogens (tertiary/aromatic N) is 1. The van der Waals surface area contributed by atoms with Crippen LogP contribution in [0.3, 0.4) is 0 Å². The Bertz CT molecular complexity index is 537.